The fraction of sp³-hybridized carbons (Fsp3) is 0.217. The van der Waals surface area contributed by atoms with E-state index in [0.29, 0.717) is 45.4 Å². The molecule has 1 atom stereocenters. The Morgan fingerprint density at radius 1 is 1.06 bits per heavy atom. The average Bonchev–Trinajstić information content (AvgIpc) is 2.74. The van der Waals surface area contributed by atoms with Crippen molar-refractivity contribution in [2.75, 3.05) is 5.32 Å². The number of hydrogen-bond donors (Lipinski definition) is 2. The molecule has 32 heavy (non-hydrogen) atoms. The molecule has 1 aliphatic rings. The van der Waals surface area contributed by atoms with E-state index in [4.69, 9.17) is 21.1 Å². The molecule has 4 rings (SSSR count). The summed E-state index contributed by atoms with van der Waals surface area (Å²) in [5, 5.41) is 3.68. The van der Waals surface area contributed by atoms with Crippen LogP contribution in [0.2, 0.25) is 5.02 Å². The minimum absolute atomic E-state index is 0.309. The Hall–Kier alpha value is -3.10. The van der Waals surface area contributed by atoms with Gasteiger partial charge in [0.1, 0.15) is 22.8 Å². The summed E-state index contributed by atoms with van der Waals surface area (Å²) in [7, 11) is -1.50. The molecule has 0 spiro atoms. The van der Waals surface area contributed by atoms with Crippen LogP contribution in [0.1, 0.15) is 26.3 Å². The van der Waals surface area contributed by atoms with Gasteiger partial charge in [0.15, 0.2) is 16.7 Å². The van der Waals surface area contributed by atoms with E-state index < -0.39 is 11.0 Å². The standard InChI is InChI=1S/C23H23ClN4O3S/c1-23(2,3)31-19-14-25-12-11-15(19)13-26-22-27-21-18(9-6-10-20(21)32(29)28-22)30-17-8-5-4-7-16(17)24/h4-12,14H,13H2,1-3H3,(H2,26,27,28). The van der Waals surface area contributed by atoms with Crippen LogP contribution >= 0.6 is 11.6 Å². The number of aromatic nitrogens is 1. The van der Waals surface area contributed by atoms with Crippen LogP contribution in [0.15, 0.2) is 70.8 Å². The summed E-state index contributed by atoms with van der Waals surface area (Å²) in [4.78, 5) is 9.28. The van der Waals surface area contributed by atoms with Crippen LogP contribution in [0.3, 0.4) is 0 Å². The fourth-order valence-electron chi connectivity index (χ4n) is 3.00. The van der Waals surface area contributed by atoms with Crippen molar-refractivity contribution in [2.45, 2.75) is 37.8 Å². The highest BCUT2D eigenvalue weighted by atomic mass is 35.5. The number of nitrogens with one attached hydrogen (secondary N) is 2. The number of aliphatic imine (C=N–C) groups is 1. The normalized spacial score (nSPS) is 16.6. The number of benzene rings is 2. The van der Waals surface area contributed by atoms with Gasteiger partial charge in [-0.05, 0) is 51.1 Å². The van der Waals surface area contributed by atoms with E-state index in [1.807, 2.05) is 39.0 Å². The number of hydrogen-bond acceptors (Lipinski definition) is 5. The summed E-state index contributed by atoms with van der Waals surface area (Å²) in [5.74, 6) is 2.03. The summed E-state index contributed by atoms with van der Waals surface area (Å²) >= 11 is 6.23. The largest absolute Gasteiger partial charge is 0.486 e. The second kappa shape index (κ2) is 9.18. The van der Waals surface area contributed by atoms with E-state index in [-0.39, 0.29) is 5.60 Å². The zero-order valence-corrected chi connectivity index (χ0v) is 19.5. The molecule has 0 fully saturated rings. The summed E-state index contributed by atoms with van der Waals surface area (Å²) in [5.41, 5.74) is 1.07. The maximum absolute atomic E-state index is 12.8. The first kappa shape index (κ1) is 22.1. The smallest absolute Gasteiger partial charge is 0.208 e. The van der Waals surface area contributed by atoms with Crippen LogP contribution in [0.4, 0.5) is 5.69 Å². The fourth-order valence-corrected chi connectivity index (χ4v) is 4.12. The lowest BCUT2D eigenvalue weighted by atomic mass is 10.2. The van der Waals surface area contributed by atoms with Crippen LogP contribution in [-0.2, 0) is 17.5 Å². The SMILES string of the molecule is CC(C)(C)Oc1cnccc1CN=C1Nc2c(Oc3ccccc3Cl)cccc2S(=O)N1. The second-order valence-electron chi connectivity index (χ2n) is 8.02. The van der Waals surface area contributed by atoms with Crippen LogP contribution < -0.4 is 19.5 Å². The lowest BCUT2D eigenvalue weighted by molar-refractivity contribution is 0.129. The van der Waals surface area contributed by atoms with Crippen molar-refractivity contribution < 1.29 is 13.7 Å². The zero-order chi connectivity index (χ0) is 22.7. The minimum Gasteiger partial charge on any atom is -0.486 e. The van der Waals surface area contributed by atoms with Gasteiger partial charge in [0.2, 0.25) is 5.96 Å². The maximum Gasteiger partial charge on any atom is 0.208 e. The molecule has 9 heteroatoms. The number of nitrogens with zero attached hydrogens (tertiary/aromatic N) is 2. The molecule has 1 aromatic heterocycles. The van der Waals surface area contributed by atoms with Gasteiger partial charge in [-0.1, -0.05) is 29.8 Å². The van der Waals surface area contributed by atoms with E-state index in [1.165, 1.54) is 0 Å². The number of rotatable bonds is 5. The van der Waals surface area contributed by atoms with Crippen molar-refractivity contribution in [2.24, 2.45) is 4.99 Å². The Bertz CT molecular complexity index is 1190. The van der Waals surface area contributed by atoms with Gasteiger partial charge in [0.05, 0.1) is 22.7 Å². The number of fused-ring (bicyclic) bond motifs is 1. The van der Waals surface area contributed by atoms with Gasteiger partial charge in [0.25, 0.3) is 0 Å². The number of pyridine rings is 1. The van der Waals surface area contributed by atoms with Crippen molar-refractivity contribution in [1.29, 1.82) is 0 Å². The summed E-state index contributed by atoms with van der Waals surface area (Å²) in [6.07, 6.45) is 3.36. The molecule has 0 saturated heterocycles. The highest BCUT2D eigenvalue weighted by Gasteiger charge is 2.24. The van der Waals surface area contributed by atoms with Gasteiger partial charge >= 0.3 is 0 Å². The van der Waals surface area contributed by atoms with Gasteiger partial charge in [0, 0.05) is 11.8 Å². The Balaban J connectivity index is 1.59. The predicted octanol–water partition coefficient (Wildman–Crippen LogP) is 5.30. The number of halogens is 1. The van der Waals surface area contributed by atoms with Gasteiger partial charge in [-0.25, -0.2) is 9.20 Å². The molecule has 0 bridgehead atoms. The topological polar surface area (TPSA) is 84.8 Å². The third-order valence-electron chi connectivity index (χ3n) is 4.37. The average molecular weight is 471 g/mol. The summed E-state index contributed by atoms with van der Waals surface area (Å²) < 4.78 is 27.7. The van der Waals surface area contributed by atoms with E-state index in [0.717, 1.165) is 5.56 Å². The monoisotopic (exact) mass is 470 g/mol. The third kappa shape index (κ3) is 5.20. The molecular formula is C23H23ClN4O3S. The van der Waals surface area contributed by atoms with E-state index >= 15 is 0 Å². The Kier molecular flexibility index (Phi) is 6.34. The van der Waals surface area contributed by atoms with Crippen molar-refractivity contribution in [1.82, 2.24) is 9.71 Å². The Labute approximate surface area is 194 Å². The molecule has 0 saturated carbocycles. The van der Waals surface area contributed by atoms with Crippen LogP contribution in [0.5, 0.6) is 17.2 Å². The second-order valence-corrected chi connectivity index (χ2v) is 9.61. The molecule has 7 nitrogen and oxygen atoms in total. The van der Waals surface area contributed by atoms with Crippen molar-refractivity contribution in [3.05, 3.63) is 71.5 Å². The highest BCUT2D eigenvalue weighted by Crippen LogP contribution is 2.37. The first-order valence-electron chi connectivity index (χ1n) is 9.97. The third-order valence-corrected chi connectivity index (χ3v) is 5.80. The van der Waals surface area contributed by atoms with E-state index in [9.17, 15) is 4.21 Å². The molecule has 0 aliphatic carbocycles. The molecule has 0 radical (unpaired) electrons. The van der Waals surface area contributed by atoms with E-state index in [1.54, 1.807) is 42.7 Å². The Morgan fingerprint density at radius 2 is 1.84 bits per heavy atom. The van der Waals surface area contributed by atoms with Gasteiger partial charge in [-0.2, -0.15) is 0 Å². The summed E-state index contributed by atoms with van der Waals surface area (Å²) in [6, 6.07) is 14.4. The van der Waals surface area contributed by atoms with Gasteiger partial charge < -0.3 is 14.8 Å². The molecule has 0 amide bonds. The van der Waals surface area contributed by atoms with Gasteiger partial charge in [-0.3, -0.25) is 9.71 Å². The first-order valence-corrected chi connectivity index (χ1v) is 11.5. The predicted molar refractivity (Wildman–Crippen MR) is 127 cm³/mol. The molecule has 2 N–H and O–H groups in total. The summed E-state index contributed by atoms with van der Waals surface area (Å²) in [6.45, 7) is 6.23. The van der Waals surface area contributed by atoms with Gasteiger partial charge in [-0.15, -0.1) is 0 Å². The van der Waals surface area contributed by atoms with Crippen molar-refractivity contribution in [3.63, 3.8) is 0 Å². The maximum atomic E-state index is 12.8. The lowest BCUT2D eigenvalue weighted by Crippen LogP contribution is -2.37. The van der Waals surface area contributed by atoms with Crippen molar-refractivity contribution >= 4 is 34.2 Å². The number of ether oxygens (including phenoxy) is 2. The number of para-hydroxylation sites is 2. The number of guanidine groups is 1. The molecule has 1 aliphatic heterocycles. The molecule has 3 aromatic rings. The van der Waals surface area contributed by atoms with Crippen molar-refractivity contribution in [3.8, 4) is 17.2 Å². The first-order chi connectivity index (χ1) is 15.3. The molecule has 2 heterocycles. The van der Waals surface area contributed by atoms with Crippen LogP contribution in [0, 0.1) is 0 Å². The highest BCUT2D eigenvalue weighted by molar-refractivity contribution is 7.84. The van der Waals surface area contributed by atoms with Crippen LogP contribution in [0.25, 0.3) is 0 Å². The molecular weight excluding hydrogens is 448 g/mol. The Morgan fingerprint density at radius 3 is 2.62 bits per heavy atom. The van der Waals surface area contributed by atoms with E-state index in [2.05, 4.69) is 20.0 Å². The minimum atomic E-state index is -1.50. The molecule has 1 unspecified atom stereocenters. The lowest BCUT2D eigenvalue weighted by Gasteiger charge is -2.24. The van der Waals surface area contributed by atoms with Crippen LogP contribution in [-0.4, -0.2) is 20.8 Å². The molecule has 2 aromatic carbocycles. The number of anilines is 1. The quantitative estimate of drug-likeness (QED) is 0.528. The molecule has 166 valence electrons. The zero-order valence-electron chi connectivity index (χ0n) is 17.9.